The molecule has 0 saturated carbocycles. The lowest BCUT2D eigenvalue weighted by atomic mass is 9.97. The van der Waals surface area contributed by atoms with Gasteiger partial charge < -0.3 is 20.0 Å². The highest BCUT2D eigenvalue weighted by Gasteiger charge is 2.23. The normalized spacial score (nSPS) is 16.2. The van der Waals surface area contributed by atoms with E-state index in [0.29, 0.717) is 5.92 Å². The number of fused-ring (bicyclic) bond motifs is 1. The van der Waals surface area contributed by atoms with Gasteiger partial charge in [-0.15, -0.1) is 0 Å². The molecule has 0 radical (unpaired) electrons. The number of rotatable bonds is 4. The summed E-state index contributed by atoms with van der Waals surface area (Å²) in [4.78, 5) is 28.7. The van der Waals surface area contributed by atoms with E-state index < -0.39 is 0 Å². The van der Waals surface area contributed by atoms with Crippen LogP contribution in [0.1, 0.15) is 31.5 Å². The van der Waals surface area contributed by atoms with Crippen LogP contribution in [0, 0.1) is 0 Å². The molecule has 5 rings (SSSR count). The van der Waals surface area contributed by atoms with Crippen LogP contribution in [0.25, 0.3) is 22.2 Å². The Hall–Kier alpha value is -3.58. The predicted molar refractivity (Wildman–Crippen MR) is 128 cm³/mol. The molecule has 1 atom stereocenters. The summed E-state index contributed by atoms with van der Waals surface area (Å²) in [5, 5.41) is 4.58. The third-order valence-corrected chi connectivity index (χ3v) is 5.53. The van der Waals surface area contributed by atoms with Crippen molar-refractivity contribution in [1.29, 1.82) is 0 Å². The zero-order chi connectivity index (χ0) is 22.3. The van der Waals surface area contributed by atoms with Crippen LogP contribution in [0.5, 0.6) is 0 Å². The van der Waals surface area contributed by atoms with Crippen LogP contribution in [-0.2, 0) is 4.79 Å². The van der Waals surface area contributed by atoms with Crippen LogP contribution in [0.3, 0.4) is 0 Å². The number of likely N-dealkylation sites (N-methyl/N-ethyl adjacent to an activating group) is 1. The number of carbonyl (C=O) groups excluding carboxylic acids is 1. The van der Waals surface area contributed by atoms with E-state index in [1.54, 1.807) is 0 Å². The molecule has 4 heterocycles. The van der Waals surface area contributed by atoms with Gasteiger partial charge in [-0.05, 0) is 51.6 Å². The minimum atomic E-state index is 0.336. The predicted octanol–water partition coefficient (Wildman–Crippen LogP) is 4.78. The number of aromatic amines is 1. The standard InChI is InChI=1S/C23H24N6.C2H4O/c1-29-11-5-6-16(15-29)23-27-20(19-13-24-14-21-18(19)9-10-25-21)12-22(28-23)26-17-7-3-2-4-8-17;1-2-3/h2-4,7-10,12-14,16,25H,5-6,11,15H2,1H3,(H,26,27,28);2H,1H3. The average Bonchev–Trinajstić information content (AvgIpc) is 3.29. The summed E-state index contributed by atoms with van der Waals surface area (Å²) in [5.74, 6) is 2.06. The van der Waals surface area contributed by atoms with E-state index in [1.165, 1.54) is 13.3 Å². The number of aldehydes is 1. The fourth-order valence-electron chi connectivity index (χ4n) is 4.08. The van der Waals surface area contributed by atoms with Gasteiger partial charge in [-0.25, -0.2) is 9.97 Å². The molecule has 0 bridgehead atoms. The third kappa shape index (κ3) is 5.00. The maximum absolute atomic E-state index is 8.81. The van der Waals surface area contributed by atoms with E-state index >= 15 is 0 Å². The molecule has 0 spiro atoms. The summed E-state index contributed by atoms with van der Waals surface area (Å²) >= 11 is 0. The van der Waals surface area contributed by atoms with E-state index in [4.69, 9.17) is 14.8 Å². The zero-order valence-electron chi connectivity index (χ0n) is 18.5. The molecule has 1 aromatic carbocycles. The average molecular weight is 429 g/mol. The highest BCUT2D eigenvalue weighted by atomic mass is 16.1. The zero-order valence-corrected chi connectivity index (χ0v) is 18.5. The van der Waals surface area contributed by atoms with Crippen LogP contribution < -0.4 is 5.32 Å². The maximum atomic E-state index is 8.81. The van der Waals surface area contributed by atoms with Crippen LogP contribution in [0.2, 0.25) is 0 Å². The summed E-state index contributed by atoms with van der Waals surface area (Å²) in [6.45, 7) is 3.57. The molecule has 2 N–H and O–H groups in total. The Labute approximate surface area is 187 Å². The van der Waals surface area contributed by atoms with Gasteiger partial charge in [0, 0.05) is 47.6 Å². The number of piperidine rings is 1. The molecular formula is C25H28N6O. The fourth-order valence-corrected chi connectivity index (χ4v) is 4.08. The van der Waals surface area contributed by atoms with Crippen molar-refractivity contribution in [2.24, 2.45) is 0 Å². The van der Waals surface area contributed by atoms with E-state index in [1.807, 2.05) is 55.0 Å². The molecular weight excluding hydrogens is 400 g/mol. The molecule has 3 aromatic heterocycles. The van der Waals surface area contributed by atoms with Gasteiger partial charge in [-0.3, -0.25) is 4.98 Å². The van der Waals surface area contributed by atoms with E-state index in [9.17, 15) is 0 Å². The second kappa shape index (κ2) is 10.2. The number of carbonyl (C=O) groups is 1. The number of nitrogens with zero attached hydrogens (tertiary/aromatic N) is 4. The molecule has 0 aliphatic carbocycles. The van der Waals surface area contributed by atoms with Gasteiger partial charge in [0.05, 0.1) is 17.4 Å². The first kappa shape index (κ1) is 21.6. The Morgan fingerprint density at radius 2 is 1.97 bits per heavy atom. The number of hydrogen-bond donors (Lipinski definition) is 2. The first-order valence-electron chi connectivity index (χ1n) is 10.9. The fraction of sp³-hybridized carbons (Fsp3) is 0.280. The van der Waals surface area contributed by atoms with Crippen LogP contribution >= 0.6 is 0 Å². The minimum absolute atomic E-state index is 0.336. The SMILES string of the molecule is CC=O.CN1CCCC(c2nc(Nc3ccccc3)cc(-c3cncc4[nH]ccc34)n2)C1. The number of benzene rings is 1. The van der Waals surface area contributed by atoms with Gasteiger partial charge in [0.2, 0.25) is 0 Å². The van der Waals surface area contributed by atoms with Crippen molar-refractivity contribution in [2.45, 2.75) is 25.7 Å². The number of anilines is 2. The molecule has 164 valence electrons. The Kier molecular flexibility index (Phi) is 6.87. The van der Waals surface area contributed by atoms with Gasteiger partial charge in [0.15, 0.2) is 0 Å². The van der Waals surface area contributed by atoms with Gasteiger partial charge >= 0.3 is 0 Å². The van der Waals surface area contributed by atoms with Crippen molar-refractivity contribution >= 4 is 28.7 Å². The lowest BCUT2D eigenvalue weighted by Crippen LogP contribution is -2.31. The number of para-hydroxylation sites is 1. The van der Waals surface area contributed by atoms with Gasteiger partial charge in [0.25, 0.3) is 0 Å². The Bertz CT molecular complexity index is 1170. The summed E-state index contributed by atoms with van der Waals surface area (Å²) in [7, 11) is 2.17. The second-order valence-corrected chi connectivity index (χ2v) is 7.95. The maximum Gasteiger partial charge on any atom is 0.135 e. The Morgan fingerprint density at radius 3 is 2.75 bits per heavy atom. The van der Waals surface area contributed by atoms with E-state index in [0.717, 1.165) is 65.3 Å². The van der Waals surface area contributed by atoms with Crippen LogP contribution in [0.15, 0.2) is 61.1 Å². The highest BCUT2D eigenvalue weighted by Crippen LogP contribution is 2.31. The number of nitrogens with one attached hydrogen (secondary N) is 2. The van der Waals surface area contributed by atoms with Crippen molar-refractivity contribution in [3.05, 3.63) is 66.9 Å². The number of likely N-dealkylation sites (tertiary alicyclic amines) is 1. The smallest absolute Gasteiger partial charge is 0.135 e. The largest absolute Gasteiger partial charge is 0.360 e. The van der Waals surface area contributed by atoms with Crippen LogP contribution in [-0.4, -0.2) is 51.3 Å². The molecule has 0 amide bonds. The quantitative estimate of drug-likeness (QED) is 0.455. The van der Waals surface area contributed by atoms with Crippen molar-refractivity contribution < 1.29 is 4.79 Å². The molecule has 1 saturated heterocycles. The Balaban J connectivity index is 0.000000775. The number of pyridine rings is 1. The number of hydrogen-bond acceptors (Lipinski definition) is 6. The first-order chi connectivity index (χ1) is 15.7. The highest BCUT2D eigenvalue weighted by molar-refractivity contribution is 5.93. The lowest BCUT2D eigenvalue weighted by Gasteiger charge is -2.29. The van der Waals surface area contributed by atoms with Crippen LogP contribution in [0.4, 0.5) is 11.5 Å². The van der Waals surface area contributed by atoms with Crippen molar-refractivity contribution in [1.82, 2.24) is 24.8 Å². The Morgan fingerprint density at radius 1 is 1.16 bits per heavy atom. The van der Waals surface area contributed by atoms with Crippen molar-refractivity contribution in [3.8, 4) is 11.3 Å². The monoisotopic (exact) mass is 428 g/mol. The molecule has 1 aliphatic rings. The summed E-state index contributed by atoms with van der Waals surface area (Å²) in [6.07, 6.45) is 8.72. The van der Waals surface area contributed by atoms with Crippen molar-refractivity contribution in [3.63, 3.8) is 0 Å². The van der Waals surface area contributed by atoms with Gasteiger partial charge in [-0.1, -0.05) is 18.2 Å². The number of H-pyrrole nitrogens is 1. The van der Waals surface area contributed by atoms with Gasteiger partial charge in [0.1, 0.15) is 17.9 Å². The molecule has 1 aliphatic heterocycles. The molecule has 32 heavy (non-hydrogen) atoms. The first-order valence-corrected chi connectivity index (χ1v) is 10.9. The van der Waals surface area contributed by atoms with Gasteiger partial charge in [-0.2, -0.15) is 0 Å². The van der Waals surface area contributed by atoms with E-state index in [2.05, 4.69) is 33.3 Å². The third-order valence-electron chi connectivity index (χ3n) is 5.53. The molecule has 7 heteroatoms. The number of aromatic nitrogens is 4. The molecule has 1 fully saturated rings. The summed E-state index contributed by atoms with van der Waals surface area (Å²) in [5.41, 5.74) is 3.95. The van der Waals surface area contributed by atoms with Crippen molar-refractivity contribution in [2.75, 3.05) is 25.5 Å². The summed E-state index contributed by atoms with van der Waals surface area (Å²) < 4.78 is 0. The lowest BCUT2D eigenvalue weighted by molar-refractivity contribution is -0.106. The topological polar surface area (TPSA) is 86.8 Å². The van der Waals surface area contributed by atoms with E-state index in [-0.39, 0.29) is 0 Å². The summed E-state index contributed by atoms with van der Waals surface area (Å²) in [6, 6.07) is 14.2. The second-order valence-electron chi connectivity index (χ2n) is 7.95. The molecule has 4 aromatic rings. The molecule has 7 nitrogen and oxygen atoms in total. The minimum Gasteiger partial charge on any atom is -0.360 e. The molecule has 1 unspecified atom stereocenters.